The van der Waals surface area contributed by atoms with E-state index in [0.29, 0.717) is 10.4 Å². The van der Waals surface area contributed by atoms with Gasteiger partial charge in [0.1, 0.15) is 9.71 Å². The SMILES string of the molecule is Cc1nn(-c2ccccc2)c2sc(C(=O)OCC(=O)c3cc(C)n(C[C@H]4CCCO4)c3C)cc12. The number of Topliss-reactive ketones (excluding diaryl/α,β-unsaturated/α-hetero) is 1. The maximum Gasteiger partial charge on any atom is 0.348 e. The molecule has 1 atom stereocenters. The highest BCUT2D eigenvalue weighted by Crippen LogP contribution is 2.31. The summed E-state index contributed by atoms with van der Waals surface area (Å²) in [6.07, 6.45) is 2.30. The third-order valence-electron chi connectivity index (χ3n) is 6.37. The minimum Gasteiger partial charge on any atom is -0.453 e. The quantitative estimate of drug-likeness (QED) is 0.276. The van der Waals surface area contributed by atoms with E-state index in [1.165, 1.54) is 11.3 Å². The van der Waals surface area contributed by atoms with Crippen LogP contribution in [0.4, 0.5) is 0 Å². The zero-order valence-corrected chi connectivity index (χ0v) is 20.4. The first kappa shape index (κ1) is 22.6. The third kappa shape index (κ3) is 4.19. The monoisotopic (exact) mass is 477 g/mol. The van der Waals surface area contributed by atoms with E-state index in [1.807, 2.05) is 61.9 Å². The number of hydrogen-bond acceptors (Lipinski definition) is 6. The van der Waals surface area contributed by atoms with Crippen molar-refractivity contribution in [3.63, 3.8) is 0 Å². The van der Waals surface area contributed by atoms with Crippen LogP contribution in [0, 0.1) is 20.8 Å². The Hall–Kier alpha value is -3.23. The van der Waals surface area contributed by atoms with E-state index in [1.54, 1.807) is 6.07 Å². The lowest BCUT2D eigenvalue weighted by atomic mass is 10.1. The van der Waals surface area contributed by atoms with Crippen LogP contribution in [0.5, 0.6) is 0 Å². The first-order valence-corrected chi connectivity index (χ1v) is 12.3. The predicted molar refractivity (Wildman–Crippen MR) is 131 cm³/mol. The van der Waals surface area contributed by atoms with Crippen molar-refractivity contribution >= 4 is 33.3 Å². The van der Waals surface area contributed by atoms with Gasteiger partial charge in [-0.2, -0.15) is 5.10 Å². The van der Waals surface area contributed by atoms with Gasteiger partial charge in [-0.25, -0.2) is 9.48 Å². The van der Waals surface area contributed by atoms with E-state index in [4.69, 9.17) is 9.47 Å². The Morgan fingerprint density at radius 1 is 1.18 bits per heavy atom. The molecular formula is C26H27N3O4S. The molecule has 0 bridgehead atoms. The van der Waals surface area contributed by atoms with Crippen molar-refractivity contribution in [3.8, 4) is 5.69 Å². The van der Waals surface area contributed by atoms with Crippen molar-refractivity contribution in [1.82, 2.24) is 14.3 Å². The second-order valence-corrected chi connectivity index (χ2v) is 9.72. The smallest absolute Gasteiger partial charge is 0.348 e. The molecule has 0 amide bonds. The lowest BCUT2D eigenvalue weighted by Gasteiger charge is -2.14. The summed E-state index contributed by atoms with van der Waals surface area (Å²) in [5.41, 5.74) is 4.25. The summed E-state index contributed by atoms with van der Waals surface area (Å²) in [7, 11) is 0. The van der Waals surface area contributed by atoms with Gasteiger partial charge in [-0.05, 0) is 57.9 Å². The minimum absolute atomic E-state index is 0.189. The Kier molecular flexibility index (Phi) is 6.10. The van der Waals surface area contributed by atoms with E-state index in [-0.39, 0.29) is 18.5 Å². The molecule has 176 valence electrons. The van der Waals surface area contributed by atoms with Gasteiger partial charge in [0.25, 0.3) is 0 Å². The number of nitrogens with zero attached hydrogens (tertiary/aromatic N) is 3. The van der Waals surface area contributed by atoms with Gasteiger partial charge in [0, 0.05) is 35.5 Å². The largest absolute Gasteiger partial charge is 0.453 e. The molecule has 1 aromatic carbocycles. The number of esters is 1. The average Bonchev–Trinajstić information content (AvgIpc) is 3.61. The fourth-order valence-electron chi connectivity index (χ4n) is 4.53. The fraction of sp³-hybridized carbons (Fsp3) is 0.346. The molecule has 1 aliphatic rings. The third-order valence-corrected chi connectivity index (χ3v) is 7.46. The van der Waals surface area contributed by atoms with Crippen LogP contribution >= 0.6 is 11.3 Å². The number of benzene rings is 1. The number of ether oxygens (including phenoxy) is 2. The van der Waals surface area contributed by atoms with Crippen LogP contribution in [0.15, 0.2) is 42.5 Å². The number of rotatable bonds is 7. The lowest BCUT2D eigenvalue weighted by Crippen LogP contribution is -2.18. The molecule has 0 radical (unpaired) electrons. The Morgan fingerprint density at radius 3 is 2.71 bits per heavy atom. The van der Waals surface area contributed by atoms with Crippen molar-refractivity contribution in [2.75, 3.05) is 13.2 Å². The predicted octanol–water partition coefficient (Wildman–Crippen LogP) is 5.03. The highest BCUT2D eigenvalue weighted by Gasteiger charge is 2.23. The molecule has 5 rings (SSSR count). The lowest BCUT2D eigenvalue weighted by molar-refractivity contribution is 0.0479. The number of aromatic nitrogens is 3. The number of aryl methyl sites for hydroxylation is 2. The summed E-state index contributed by atoms with van der Waals surface area (Å²) in [6, 6.07) is 13.5. The van der Waals surface area contributed by atoms with Gasteiger partial charge < -0.3 is 14.0 Å². The number of fused-ring (bicyclic) bond motifs is 1. The summed E-state index contributed by atoms with van der Waals surface area (Å²) >= 11 is 1.32. The van der Waals surface area contributed by atoms with Crippen molar-refractivity contribution in [1.29, 1.82) is 0 Å². The van der Waals surface area contributed by atoms with E-state index in [2.05, 4.69) is 9.67 Å². The Morgan fingerprint density at radius 2 is 1.97 bits per heavy atom. The Labute approximate surface area is 201 Å². The minimum atomic E-state index is -0.498. The number of hydrogen-bond donors (Lipinski definition) is 0. The van der Waals surface area contributed by atoms with Crippen LogP contribution in [0.3, 0.4) is 0 Å². The standard InChI is InChI=1S/C26H27N3O4S/c1-16-12-22(18(3)28(16)14-20-10-7-11-32-20)23(30)15-33-26(31)24-13-21-17(2)27-29(25(21)34-24)19-8-5-4-6-9-19/h4-6,8-9,12-13,20H,7,10-11,14-15H2,1-3H3/t20-/m1/s1. The van der Waals surface area contributed by atoms with Crippen LogP contribution in [0.1, 0.15) is 50.0 Å². The summed E-state index contributed by atoms with van der Waals surface area (Å²) < 4.78 is 15.1. The van der Waals surface area contributed by atoms with Crippen LogP contribution in [-0.2, 0) is 16.0 Å². The van der Waals surface area contributed by atoms with Crippen molar-refractivity contribution in [2.24, 2.45) is 0 Å². The highest BCUT2D eigenvalue weighted by molar-refractivity contribution is 7.20. The van der Waals surface area contributed by atoms with E-state index in [9.17, 15) is 9.59 Å². The summed E-state index contributed by atoms with van der Waals surface area (Å²) in [5, 5.41) is 5.51. The van der Waals surface area contributed by atoms with Crippen molar-refractivity contribution in [3.05, 3.63) is 70.0 Å². The summed E-state index contributed by atoms with van der Waals surface area (Å²) in [6.45, 7) is 7.08. The fourth-order valence-corrected chi connectivity index (χ4v) is 5.60. The zero-order chi connectivity index (χ0) is 23.8. The summed E-state index contributed by atoms with van der Waals surface area (Å²) in [5.74, 6) is -0.700. The van der Waals surface area contributed by atoms with Crippen LogP contribution in [0.25, 0.3) is 15.9 Å². The first-order valence-electron chi connectivity index (χ1n) is 11.5. The van der Waals surface area contributed by atoms with Gasteiger partial charge in [-0.3, -0.25) is 4.79 Å². The molecule has 8 heteroatoms. The van der Waals surface area contributed by atoms with Gasteiger partial charge >= 0.3 is 5.97 Å². The second-order valence-electron chi connectivity index (χ2n) is 8.69. The number of para-hydroxylation sites is 1. The van der Waals surface area contributed by atoms with Gasteiger partial charge in [0.05, 0.1) is 17.5 Å². The van der Waals surface area contributed by atoms with Gasteiger partial charge in [-0.15, -0.1) is 11.3 Å². The molecule has 4 heterocycles. The van der Waals surface area contributed by atoms with Gasteiger partial charge in [0.15, 0.2) is 6.61 Å². The van der Waals surface area contributed by atoms with Crippen LogP contribution in [-0.4, -0.2) is 45.4 Å². The maximum absolute atomic E-state index is 12.9. The van der Waals surface area contributed by atoms with Crippen LogP contribution < -0.4 is 0 Å². The molecule has 0 saturated carbocycles. The van der Waals surface area contributed by atoms with Crippen molar-refractivity contribution in [2.45, 2.75) is 46.3 Å². The highest BCUT2D eigenvalue weighted by atomic mass is 32.1. The molecule has 0 aliphatic carbocycles. The molecule has 7 nitrogen and oxygen atoms in total. The normalized spacial score (nSPS) is 15.8. The molecular weight excluding hydrogens is 450 g/mol. The second kappa shape index (κ2) is 9.19. The molecule has 3 aromatic heterocycles. The molecule has 1 saturated heterocycles. The Bertz CT molecular complexity index is 1360. The molecule has 0 unspecified atom stereocenters. The van der Waals surface area contributed by atoms with Crippen molar-refractivity contribution < 1.29 is 19.1 Å². The number of carbonyl (C=O) groups is 2. The molecule has 34 heavy (non-hydrogen) atoms. The zero-order valence-electron chi connectivity index (χ0n) is 19.5. The van der Waals surface area contributed by atoms with Crippen LogP contribution in [0.2, 0.25) is 0 Å². The first-order chi connectivity index (χ1) is 16.4. The maximum atomic E-state index is 12.9. The Balaban J connectivity index is 1.29. The number of carbonyl (C=O) groups excluding carboxylic acids is 2. The van der Waals surface area contributed by atoms with E-state index < -0.39 is 5.97 Å². The molecule has 1 fully saturated rings. The van der Waals surface area contributed by atoms with E-state index in [0.717, 1.165) is 59.0 Å². The number of ketones is 1. The number of thiophene rings is 1. The van der Waals surface area contributed by atoms with E-state index >= 15 is 0 Å². The molecule has 0 N–H and O–H groups in total. The average molecular weight is 478 g/mol. The molecule has 4 aromatic rings. The molecule has 0 spiro atoms. The van der Waals surface area contributed by atoms with Gasteiger partial charge in [0.2, 0.25) is 5.78 Å². The van der Waals surface area contributed by atoms with Gasteiger partial charge in [-0.1, -0.05) is 18.2 Å². The summed E-state index contributed by atoms with van der Waals surface area (Å²) in [4.78, 5) is 27.0. The topological polar surface area (TPSA) is 75.4 Å². The molecule has 1 aliphatic heterocycles.